The van der Waals surface area contributed by atoms with E-state index in [1.54, 1.807) is 0 Å². The molecule has 0 bridgehead atoms. The van der Waals surface area contributed by atoms with Gasteiger partial charge in [-0.1, -0.05) is 12.8 Å². The Balaban J connectivity index is 2.21. The van der Waals surface area contributed by atoms with Crippen molar-refractivity contribution >= 4 is 16.3 Å². The Hall–Kier alpha value is -0.750. The highest BCUT2D eigenvalue weighted by Crippen LogP contribution is 2.24. The lowest BCUT2D eigenvalue weighted by atomic mass is 10.2. The molecule has 2 aliphatic heterocycles. The van der Waals surface area contributed by atoms with Gasteiger partial charge in [0.25, 0.3) is 10.2 Å². The Bertz CT molecular complexity index is 439. The molecular formula is C12H21N3O3S. The molecule has 6 nitrogen and oxygen atoms in total. The van der Waals surface area contributed by atoms with Crippen LogP contribution in [0.4, 0.5) is 0 Å². The Kier molecular flexibility index (Phi) is 5.10. The van der Waals surface area contributed by atoms with Gasteiger partial charge < -0.3 is 0 Å². The second-order valence-corrected chi connectivity index (χ2v) is 7.01. The molecular weight excluding hydrogens is 266 g/mol. The second-order valence-electron chi connectivity index (χ2n) is 5.13. The normalized spacial score (nSPS) is 27.5. The minimum absolute atomic E-state index is 0.453. The summed E-state index contributed by atoms with van der Waals surface area (Å²) in [5.74, 6) is 0. The summed E-state index contributed by atoms with van der Waals surface area (Å²) in [5.41, 5.74) is 0. The number of isocyanates is 1. The summed E-state index contributed by atoms with van der Waals surface area (Å²) < 4.78 is 28.2. The van der Waals surface area contributed by atoms with E-state index in [0.29, 0.717) is 26.1 Å². The van der Waals surface area contributed by atoms with Crippen LogP contribution in [0.3, 0.4) is 0 Å². The van der Waals surface area contributed by atoms with Crippen molar-refractivity contribution in [2.75, 3.05) is 19.6 Å². The highest BCUT2D eigenvalue weighted by Gasteiger charge is 2.36. The zero-order chi connectivity index (χ0) is 13.7. The topological polar surface area (TPSA) is 70.0 Å². The van der Waals surface area contributed by atoms with Crippen LogP contribution >= 0.6 is 0 Å². The zero-order valence-corrected chi connectivity index (χ0v) is 11.9. The van der Waals surface area contributed by atoms with Gasteiger partial charge in [-0.05, 0) is 32.1 Å². The molecule has 1 unspecified atom stereocenters. The quantitative estimate of drug-likeness (QED) is 0.579. The first-order valence-electron chi connectivity index (χ1n) is 7.00. The van der Waals surface area contributed by atoms with Gasteiger partial charge in [0, 0.05) is 19.6 Å². The van der Waals surface area contributed by atoms with Crippen molar-refractivity contribution in [1.82, 2.24) is 8.61 Å². The summed E-state index contributed by atoms with van der Waals surface area (Å²) in [4.78, 5) is 14.2. The number of rotatable bonds is 3. The number of carbonyl (C=O) groups excluding carboxylic acids is 1. The summed E-state index contributed by atoms with van der Waals surface area (Å²) in [7, 11) is -3.49. The van der Waals surface area contributed by atoms with Gasteiger partial charge in [-0.25, -0.2) is 4.79 Å². The number of piperidine rings is 1. The van der Waals surface area contributed by atoms with E-state index in [0.717, 1.165) is 38.5 Å². The molecule has 19 heavy (non-hydrogen) atoms. The molecule has 1 atom stereocenters. The fourth-order valence-electron chi connectivity index (χ4n) is 2.77. The lowest BCUT2D eigenvalue weighted by molar-refractivity contribution is 0.271. The van der Waals surface area contributed by atoms with E-state index in [2.05, 4.69) is 4.99 Å². The third kappa shape index (κ3) is 3.42. The van der Waals surface area contributed by atoms with Crippen LogP contribution in [-0.4, -0.2) is 48.9 Å². The average Bonchev–Trinajstić information content (AvgIpc) is 2.66. The molecule has 2 rings (SSSR count). The Morgan fingerprint density at radius 2 is 1.58 bits per heavy atom. The van der Waals surface area contributed by atoms with Crippen molar-refractivity contribution in [3.63, 3.8) is 0 Å². The molecule has 2 saturated heterocycles. The van der Waals surface area contributed by atoms with Crippen LogP contribution in [-0.2, 0) is 15.0 Å². The van der Waals surface area contributed by atoms with Gasteiger partial charge >= 0.3 is 0 Å². The van der Waals surface area contributed by atoms with Gasteiger partial charge in [-0.2, -0.15) is 22.0 Å². The number of aliphatic imine (C=N–C) groups is 1. The monoisotopic (exact) mass is 287 g/mol. The Labute approximate surface area is 114 Å². The van der Waals surface area contributed by atoms with Crippen LogP contribution in [0, 0.1) is 0 Å². The molecule has 2 heterocycles. The van der Waals surface area contributed by atoms with E-state index in [4.69, 9.17) is 0 Å². The smallest absolute Gasteiger partial charge is 0.211 e. The van der Waals surface area contributed by atoms with Crippen molar-refractivity contribution in [1.29, 1.82) is 0 Å². The molecule has 0 aromatic carbocycles. The third-order valence-corrected chi connectivity index (χ3v) is 5.85. The molecule has 0 aliphatic carbocycles. The molecule has 0 spiro atoms. The number of hydrogen-bond acceptors (Lipinski definition) is 4. The summed E-state index contributed by atoms with van der Waals surface area (Å²) in [6.45, 7) is 1.61. The highest BCUT2D eigenvalue weighted by atomic mass is 32.2. The Morgan fingerprint density at radius 3 is 2.26 bits per heavy atom. The molecule has 0 radical (unpaired) electrons. The predicted octanol–water partition coefficient (Wildman–Crippen LogP) is 1.26. The first-order valence-corrected chi connectivity index (χ1v) is 8.40. The molecule has 2 aliphatic rings. The van der Waals surface area contributed by atoms with Crippen molar-refractivity contribution in [3.05, 3.63) is 0 Å². The summed E-state index contributed by atoms with van der Waals surface area (Å²) in [6, 6.07) is 0. The van der Waals surface area contributed by atoms with E-state index in [-0.39, 0.29) is 0 Å². The van der Waals surface area contributed by atoms with Crippen LogP contribution < -0.4 is 0 Å². The van der Waals surface area contributed by atoms with E-state index in [1.165, 1.54) is 14.7 Å². The summed E-state index contributed by atoms with van der Waals surface area (Å²) in [6.07, 6.45) is 7.20. The first-order chi connectivity index (χ1) is 9.16. The van der Waals surface area contributed by atoms with Crippen LogP contribution in [0.1, 0.15) is 44.9 Å². The van der Waals surface area contributed by atoms with E-state index >= 15 is 0 Å². The van der Waals surface area contributed by atoms with Crippen molar-refractivity contribution in [3.8, 4) is 0 Å². The van der Waals surface area contributed by atoms with Crippen LogP contribution in [0.5, 0.6) is 0 Å². The number of hydrogen-bond donors (Lipinski definition) is 0. The maximum atomic E-state index is 12.6. The van der Waals surface area contributed by atoms with E-state index < -0.39 is 16.4 Å². The minimum atomic E-state index is -3.49. The van der Waals surface area contributed by atoms with Gasteiger partial charge in [0.05, 0.1) is 0 Å². The molecule has 7 heteroatoms. The Morgan fingerprint density at radius 1 is 0.947 bits per heavy atom. The third-order valence-electron chi connectivity index (χ3n) is 3.81. The molecule has 0 aromatic heterocycles. The fourth-order valence-corrected chi connectivity index (χ4v) is 4.60. The zero-order valence-electron chi connectivity index (χ0n) is 11.1. The molecule has 0 amide bonds. The van der Waals surface area contributed by atoms with Crippen LogP contribution in [0.2, 0.25) is 0 Å². The lowest BCUT2D eigenvalue weighted by Crippen LogP contribution is -2.49. The molecule has 0 aromatic rings. The van der Waals surface area contributed by atoms with Gasteiger partial charge in [-0.3, -0.25) is 0 Å². The molecule has 2 fully saturated rings. The van der Waals surface area contributed by atoms with Crippen LogP contribution in [0.15, 0.2) is 4.99 Å². The second kappa shape index (κ2) is 6.61. The van der Waals surface area contributed by atoms with Gasteiger partial charge in [0.2, 0.25) is 6.08 Å². The molecule has 0 saturated carbocycles. The maximum Gasteiger partial charge on any atom is 0.283 e. The highest BCUT2D eigenvalue weighted by molar-refractivity contribution is 7.86. The number of nitrogens with zero attached hydrogens (tertiary/aromatic N) is 3. The SMILES string of the molecule is O=C=NC1CCCCCN1S(=O)(=O)N1CCCCC1. The van der Waals surface area contributed by atoms with Gasteiger partial charge in [0.1, 0.15) is 6.17 Å². The van der Waals surface area contributed by atoms with Gasteiger partial charge in [-0.15, -0.1) is 0 Å². The van der Waals surface area contributed by atoms with Crippen molar-refractivity contribution < 1.29 is 13.2 Å². The van der Waals surface area contributed by atoms with Gasteiger partial charge in [0.15, 0.2) is 0 Å². The fraction of sp³-hybridized carbons (Fsp3) is 0.917. The van der Waals surface area contributed by atoms with Crippen LogP contribution in [0.25, 0.3) is 0 Å². The summed E-state index contributed by atoms with van der Waals surface area (Å²) >= 11 is 0. The molecule has 108 valence electrons. The lowest BCUT2D eigenvalue weighted by Gasteiger charge is -2.33. The molecule has 0 N–H and O–H groups in total. The van der Waals surface area contributed by atoms with Crippen molar-refractivity contribution in [2.45, 2.75) is 51.1 Å². The maximum absolute atomic E-state index is 12.6. The summed E-state index contributed by atoms with van der Waals surface area (Å²) in [5, 5.41) is 0. The standard InChI is InChI=1S/C12H21N3O3S/c16-11-13-12-7-3-1-6-10-15(12)19(17,18)14-8-4-2-5-9-14/h12H,1-10H2. The minimum Gasteiger partial charge on any atom is -0.211 e. The average molecular weight is 287 g/mol. The van der Waals surface area contributed by atoms with E-state index in [9.17, 15) is 13.2 Å². The first kappa shape index (κ1) is 14.7. The largest absolute Gasteiger partial charge is 0.283 e. The van der Waals surface area contributed by atoms with E-state index in [1.807, 2.05) is 0 Å². The predicted molar refractivity (Wildman–Crippen MR) is 71.4 cm³/mol. The van der Waals surface area contributed by atoms with Crippen molar-refractivity contribution in [2.24, 2.45) is 4.99 Å².